The van der Waals surface area contributed by atoms with Crippen molar-refractivity contribution in [3.05, 3.63) is 58.0 Å². The van der Waals surface area contributed by atoms with E-state index in [1.807, 2.05) is 55.1 Å². The van der Waals surface area contributed by atoms with Gasteiger partial charge in [0.1, 0.15) is 0 Å². The highest BCUT2D eigenvalue weighted by molar-refractivity contribution is 5.52. The molecule has 100 valence electrons. The van der Waals surface area contributed by atoms with E-state index in [4.69, 9.17) is 0 Å². The molecule has 1 heterocycles. The predicted octanol–water partition coefficient (Wildman–Crippen LogP) is 3.30. The standard InChI is InChI=1S/C16H20N2O/c1-4-5-7-12-15-13(2)17(3)18(16(15)19)14-10-8-6-9-11-14/h6-12H,4-5H2,1-3H3/b12-7+. The molecule has 0 bridgehead atoms. The normalized spacial score (nSPS) is 11.3. The van der Waals surface area contributed by atoms with E-state index in [0.717, 1.165) is 29.8 Å². The van der Waals surface area contributed by atoms with Crippen LogP contribution in [-0.2, 0) is 7.05 Å². The minimum atomic E-state index is 0.0403. The largest absolute Gasteiger partial charge is 0.285 e. The van der Waals surface area contributed by atoms with E-state index in [1.54, 1.807) is 4.68 Å². The quantitative estimate of drug-likeness (QED) is 0.824. The van der Waals surface area contributed by atoms with Crippen LogP contribution in [0.25, 0.3) is 11.8 Å². The van der Waals surface area contributed by atoms with Crippen LogP contribution in [0.15, 0.2) is 41.2 Å². The summed E-state index contributed by atoms with van der Waals surface area (Å²) >= 11 is 0. The molecule has 3 heteroatoms. The van der Waals surface area contributed by atoms with Gasteiger partial charge in [-0.15, -0.1) is 0 Å². The van der Waals surface area contributed by atoms with Crippen LogP contribution in [0.3, 0.4) is 0 Å². The summed E-state index contributed by atoms with van der Waals surface area (Å²) in [5.74, 6) is 0. The third-order valence-electron chi connectivity index (χ3n) is 3.34. The highest BCUT2D eigenvalue weighted by Crippen LogP contribution is 2.11. The molecule has 2 aromatic rings. The zero-order chi connectivity index (χ0) is 13.8. The summed E-state index contributed by atoms with van der Waals surface area (Å²) in [6.45, 7) is 4.11. The van der Waals surface area contributed by atoms with Crippen molar-refractivity contribution in [3.63, 3.8) is 0 Å². The summed E-state index contributed by atoms with van der Waals surface area (Å²) in [5.41, 5.74) is 2.70. The average molecular weight is 256 g/mol. The van der Waals surface area contributed by atoms with Gasteiger partial charge < -0.3 is 0 Å². The Balaban J connectivity index is 2.53. The van der Waals surface area contributed by atoms with Gasteiger partial charge in [0, 0.05) is 12.7 Å². The van der Waals surface area contributed by atoms with Gasteiger partial charge in [-0.1, -0.05) is 43.7 Å². The molecule has 0 fully saturated rings. The molecule has 0 spiro atoms. The van der Waals surface area contributed by atoms with Gasteiger partial charge in [0.15, 0.2) is 0 Å². The highest BCUT2D eigenvalue weighted by Gasteiger charge is 2.13. The fraction of sp³-hybridized carbons (Fsp3) is 0.312. The monoisotopic (exact) mass is 256 g/mol. The first-order valence-corrected chi connectivity index (χ1v) is 6.67. The molecule has 1 aromatic heterocycles. The van der Waals surface area contributed by atoms with Crippen molar-refractivity contribution in [2.75, 3.05) is 0 Å². The van der Waals surface area contributed by atoms with Crippen molar-refractivity contribution >= 4 is 6.08 Å². The second-order valence-electron chi connectivity index (χ2n) is 4.67. The Morgan fingerprint density at radius 3 is 2.53 bits per heavy atom. The number of rotatable bonds is 4. The fourth-order valence-electron chi connectivity index (χ4n) is 2.15. The van der Waals surface area contributed by atoms with E-state index in [1.165, 1.54) is 0 Å². The number of para-hydroxylation sites is 1. The third kappa shape index (κ3) is 2.55. The number of allylic oxidation sites excluding steroid dienone is 1. The molecule has 19 heavy (non-hydrogen) atoms. The second-order valence-corrected chi connectivity index (χ2v) is 4.67. The topological polar surface area (TPSA) is 26.9 Å². The zero-order valence-corrected chi connectivity index (χ0v) is 11.8. The maximum absolute atomic E-state index is 12.5. The molecule has 0 N–H and O–H groups in total. The van der Waals surface area contributed by atoms with E-state index < -0.39 is 0 Å². The summed E-state index contributed by atoms with van der Waals surface area (Å²) in [6, 6.07) is 9.72. The van der Waals surface area contributed by atoms with Gasteiger partial charge in [-0.3, -0.25) is 9.48 Å². The fourth-order valence-corrected chi connectivity index (χ4v) is 2.15. The Morgan fingerprint density at radius 1 is 1.21 bits per heavy atom. The van der Waals surface area contributed by atoms with Crippen molar-refractivity contribution in [1.82, 2.24) is 9.36 Å². The molecule has 0 saturated carbocycles. The molecule has 0 atom stereocenters. The van der Waals surface area contributed by atoms with E-state index in [9.17, 15) is 4.79 Å². The minimum Gasteiger partial charge on any atom is -0.285 e. The van der Waals surface area contributed by atoms with Gasteiger partial charge >= 0.3 is 0 Å². The molecule has 0 radical (unpaired) electrons. The lowest BCUT2D eigenvalue weighted by Gasteiger charge is -2.07. The van der Waals surface area contributed by atoms with Crippen LogP contribution in [0.5, 0.6) is 0 Å². The molecule has 0 saturated heterocycles. The van der Waals surface area contributed by atoms with Crippen LogP contribution in [0, 0.1) is 6.92 Å². The third-order valence-corrected chi connectivity index (χ3v) is 3.34. The summed E-state index contributed by atoms with van der Waals surface area (Å²) in [7, 11) is 1.92. The molecule has 1 aromatic carbocycles. The molecule has 2 rings (SSSR count). The van der Waals surface area contributed by atoms with Gasteiger partial charge in [-0.05, 0) is 25.5 Å². The summed E-state index contributed by atoms with van der Waals surface area (Å²) < 4.78 is 3.62. The van der Waals surface area contributed by atoms with Crippen LogP contribution in [0.2, 0.25) is 0 Å². The lowest BCUT2D eigenvalue weighted by molar-refractivity contribution is 0.630. The van der Waals surface area contributed by atoms with E-state index >= 15 is 0 Å². The van der Waals surface area contributed by atoms with Crippen molar-refractivity contribution in [2.24, 2.45) is 7.05 Å². The van der Waals surface area contributed by atoms with Crippen molar-refractivity contribution in [2.45, 2.75) is 26.7 Å². The average Bonchev–Trinajstić information content (AvgIpc) is 2.64. The van der Waals surface area contributed by atoms with Crippen LogP contribution >= 0.6 is 0 Å². The van der Waals surface area contributed by atoms with E-state index in [2.05, 4.69) is 13.0 Å². The van der Waals surface area contributed by atoms with Crippen molar-refractivity contribution in [3.8, 4) is 5.69 Å². The van der Waals surface area contributed by atoms with E-state index in [-0.39, 0.29) is 5.56 Å². The number of hydrogen-bond donors (Lipinski definition) is 0. The summed E-state index contributed by atoms with van der Waals surface area (Å²) in [4.78, 5) is 12.5. The van der Waals surface area contributed by atoms with Gasteiger partial charge in [-0.2, -0.15) is 0 Å². The molecule has 0 amide bonds. The molecule has 3 nitrogen and oxygen atoms in total. The Morgan fingerprint density at radius 2 is 1.89 bits per heavy atom. The molecular formula is C16H20N2O. The Hall–Kier alpha value is -2.03. The lowest BCUT2D eigenvalue weighted by Crippen LogP contribution is -2.20. The van der Waals surface area contributed by atoms with Crippen molar-refractivity contribution < 1.29 is 0 Å². The predicted molar refractivity (Wildman–Crippen MR) is 79.7 cm³/mol. The molecule has 0 aliphatic rings. The molecule has 0 aliphatic carbocycles. The number of hydrogen-bond acceptors (Lipinski definition) is 1. The Labute approximate surface area is 113 Å². The molecule has 0 aliphatic heterocycles. The molecular weight excluding hydrogens is 236 g/mol. The maximum Gasteiger partial charge on any atom is 0.278 e. The summed E-state index contributed by atoms with van der Waals surface area (Å²) in [6.07, 6.45) is 6.11. The number of nitrogens with zero attached hydrogens (tertiary/aromatic N) is 2. The number of aromatic nitrogens is 2. The first-order valence-electron chi connectivity index (χ1n) is 6.67. The van der Waals surface area contributed by atoms with E-state index in [0.29, 0.717) is 0 Å². The van der Waals surface area contributed by atoms with Gasteiger partial charge in [0.05, 0.1) is 11.3 Å². The first kappa shape index (κ1) is 13.4. The van der Waals surface area contributed by atoms with Gasteiger partial charge in [-0.25, -0.2) is 4.68 Å². The number of unbranched alkanes of at least 4 members (excludes halogenated alkanes) is 1. The SMILES string of the molecule is CCC/C=C/c1c(C)n(C)n(-c2ccccc2)c1=O. The van der Waals surface area contributed by atoms with Crippen LogP contribution in [-0.4, -0.2) is 9.36 Å². The highest BCUT2D eigenvalue weighted by atomic mass is 16.1. The smallest absolute Gasteiger partial charge is 0.278 e. The Bertz CT molecular complexity index is 633. The first-order chi connectivity index (χ1) is 9.16. The summed E-state index contributed by atoms with van der Waals surface area (Å²) in [5, 5.41) is 0. The zero-order valence-electron chi connectivity index (χ0n) is 11.8. The van der Waals surface area contributed by atoms with Gasteiger partial charge in [0.25, 0.3) is 5.56 Å². The number of benzene rings is 1. The van der Waals surface area contributed by atoms with Crippen molar-refractivity contribution in [1.29, 1.82) is 0 Å². The Kier molecular flexibility index (Phi) is 4.05. The minimum absolute atomic E-state index is 0.0403. The maximum atomic E-state index is 12.5. The van der Waals surface area contributed by atoms with Crippen LogP contribution in [0.4, 0.5) is 0 Å². The molecule has 0 unspecified atom stereocenters. The second kappa shape index (κ2) is 5.74. The lowest BCUT2D eigenvalue weighted by atomic mass is 10.2. The van der Waals surface area contributed by atoms with Crippen LogP contribution < -0.4 is 5.56 Å². The van der Waals surface area contributed by atoms with Gasteiger partial charge in [0.2, 0.25) is 0 Å². The van der Waals surface area contributed by atoms with Crippen LogP contribution in [0.1, 0.15) is 31.0 Å².